The third kappa shape index (κ3) is 5.40. The molecular weight excluding hydrogens is 310 g/mol. The number of rotatable bonds is 3. The molecule has 4 nitrogen and oxygen atoms in total. The van der Waals surface area contributed by atoms with Crippen molar-refractivity contribution in [3.63, 3.8) is 0 Å². The summed E-state index contributed by atoms with van der Waals surface area (Å²) >= 11 is 5.89. The Kier molecular flexibility index (Phi) is 5.27. The highest BCUT2D eigenvalue weighted by molar-refractivity contribution is 6.30. The first kappa shape index (κ1) is 18.1. The van der Waals surface area contributed by atoms with Gasteiger partial charge in [-0.15, -0.1) is 0 Å². The number of urea groups is 1. The van der Waals surface area contributed by atoms with Crippen molar-refractivity contribution >= 4 is 17.6 Å². The second-order valence-electron chi connectivity index (χ2n) is 7.93. The number of benzene rings is 1. The van der Waals surface area contributed by atoms with Crippen LogP contribution in [0.4, 0.5) is 4.79 Å². The molecular formula is C18H28ClN3O. The Morgan fingerprint density at radius 3 is 2.26 bits per heavy atom. The van der Waals surface area contributed by atoms with Crippen LogP contribution in [0.15, 0.2) is 24.3 Å². The molecule has 0 saturated carbocycles. The van der Waals surface area contributed by atoms with Crippen molar-refractivity contribution in [1.82, 2.24) is 15.5 Å². The Morgan fingerprint density at radius 2 is 1.74 bits per heavy atom. The summed E-state index contributed by atoms with van der Waals surface area (Å²) in [6.45, 7) is 9.31. The van der Waals surface area contributed by atoms with Crippen molar-refractivity contribution in [2.75, 3.05) is 7.05 Å². The molecule has 1 heterocycles. The highest BCUT2D eigenvalue weighted by Gasteiger charge is 2.38. The third-order valence-corrected chi connectivity index (χ3v) is 4.45. The van der Waals surface area contributed by atoms with Crippen LogP contribution in [-0.4, -0.2) is 35.1 Å². The van der Waals surface area contributed by atoms with Crippen LogP contribution >= 0.6 is 11.6 Å². The van der Waals surface area contributed by atoms with Crippen LogP contribution in [0.5, 0.6) is 0 Å². The Hall–Kier alpha value is -1.26. The fourth-order valence-corrected chi connectivity index (χ4v) is 3.77. The number of piperidine rings is 1. The van der Waals surface area contributed by atoms with Gasteiger partial charge in [0.1, 0.15) is 0 Å². The second kappa shape index (κ2) is 6.70. The van der Waals surface area contributed by atoms with E-state index < -0.39 is 0 Å². The summed E-state index contributed by atoms with van der Waals surface area (Å²) in [6.07, 6.45) is 1.86. The molecule has 0 bridgehead atoms. The quantitative estimate of drug-likeness (QED) is 0.881. The summed E-state index contributed by atoms with van der Waals surface area (Å²) in [4.78, 5) is 14.2. The minimum Gasteiger partial charge on any atom is -0.335 e. The molecule has 2 N–H and O–H groups in total. The van der Waals surface area contributed by atoms with Gasteiger partial charge in [0.05, 0.1) is 0 Å². The summed E-state index contributed by atoms with van der Waals surface area (Å²) < 4.78 is 0. The fourth-order valence-electron chi connectivity index (χ4n) is 3.64. The van der Waals surface area contributed by atoms with Crippen molar-refractivity contribution < 1.29 is 4.79 Å². The van der Waals surface area contributed by atoms with Crippen LogP contribution in [0.25, 0.3) is 0 Å². The Morgan fingerprint density at radius 1 is 1.22 bits per heavy atom. The fraction of sp³-hybridized carbons (Fsp3) is 0.611. The zero-order chi connectivity index (χ0) is 17.3. The van der Waals surface area contributed by atoms with Gasteiger partial charge in [-0.1, -0.05) is 23.7 Å². The maximum Gasteiger partial charge on any atom is 0.317 e. The van der Waals surface area contributed by atoms with E-state index in [0.29, 0.717) is 11.6 Å². The molecule has 2 rings (SSSR count). The van der Waals surface area contributed by atoms with Gasteiger partial charge in [-0.05, 0) is 58.2 Å². The van der Waals surface area contributed by atoms with E-state index in [-0.39, 0.29) is 23.2 Å². The molecule has 1 aromatic rings. The van der Waals surface area contributed by atoms with E-state index in [2.05, 4.69) is 38.3 Å². The molecule has 1 fully saturated rings. The molecule has 0 radical (unpaired) electrons. The monoisotopic (exact) mass is 337 g/mol. The molecule has 0 aromatic heterocycles. The van der Waals surface area contributed by atoms with Crippen molar-refractivity contribution in [3.8, 4) is 0 Å². The molecule has 0 unspecified atom stereocenters. The molecule has 1 aliphatic rings. The summed E-state index contributed by atoms with van der Waals surface area (Å²) in [5, 5.41) is 7.52. The Labute approximate surface area is 144 Å². The first-order valence-electron chi connectivity index (χ1n) is 8.12. The zero-order valence-electron chi connectivity index (χ0n) is 14.7. The summed E-state index contributed by atoms with van der Waals surface area (Å²) in [7, 11) is 1.82. The first-order chi connectivity index (χ1) is 10.6. The molecule has 0 atom stereocenters. The highest BCUT2D eigenvalue weighted by atomic mass is 35.5. The summed E-state index contributed by atoms with van der Waals surface area (Å²) in [5.41, 5.74) is 1.11. The number of nitrogens with one attached hydrogen (secondary N) is 2. The standard InChI is InChI=1S/C18H28ClN3O/c1-17(2)10-15(11-18(3,4)21-17)20-16(23)22(5)12-13-6-8-14(19)9-7-13/h6-9,15,21H,10-12H2,1-5H3,(H,20,23). The molecule has 1 saturated heterocycles. The lowest BCUT2D eigenvalue weighted by atomic mass is 9.80. The molecule has 0 spiro atoms. The molecule has 1 aromatic carbocycles. The molecule has 2 amide bonds. The van der Waals surface area contributed by atoms with E-state index in [1.54, 1.807) is 4.90 Å². The SMILES string of the molecule is CN(Cc1ccc(Cl)cc1)C(=O)NC1CC(C)(C)NC(C)(C)C1. The summed E-state index contributed by atoms with van der Waals surface area (Å²) in [5.74, 6) is 0. The van der Waals surface area contributed by atoms with Gasteiger partial charge in [0.25, 0.3) is 0 Å². The smallest absolute Gasteiger partial charge is 0.317 e. The predicted molar refractivity (Wildman–Crippen MR) is 95.8 cm³/mol. The van der Waals surface area contributed by atoms with E-state index >= 15 is 0 Å². The maximum atomic E-state index is 12.5. The van der Waals surface area contributed by atoms with Crippen molar-refractivity contribution in [3.05, 3.63) is 34.9 Å². The van der Waals surface area contributed by atoms with E-state index in [1.807, 2.05) is 31.3 Å². The lowest BCUT2D eigenvalue weighted by molar-refractivity contribution is 0.140. The largest absolute Gasteiger partial charge is 0.335 e. The minimum absolute atomic E-state index is 0.0223. The van der Waals surface area contributed by atoms with Crippen molar-refractivity contribution in [1.29, 1.82) is 0 Å². The van der Waals surface area contributed by atoms with Crippen LogP contribution in [0.3, 0.4) is 0 Å². The van der Waals surface area contributed by atoms with Crippen LogP contribution in [0, 0.1) is 0 Å². The van der Waals surface area contributed by atoms with Crippen LogP contribution in [0.2, 0.25) is 5.02 Å². The molecule has 5 heteroatoms. The van der Waals surface area contributed by atoms with Crippen molar-refractivity contribution in [2.24, 2.45) is 0 Å². The van der Waals surface area contributed by atoms with E-state index in [4.69, 9.17) is 11.6 Å². The lowest BCUT2D eigenvalue weighted by Gasteiger charge is -2.46. The van der Waals surface area contributed by atoms with Gasteiger partial charge in [-0.2, -0.15) is 0 Å². The van der Waals surface area contributed by atoms with Crippen molar-refractivity contribution in [2.45, 2.75) is 64.2 Å². The van der Waals surface area contributed by atoms with E-state index in [9.17, 15) is 4.79 Å². The second-order valence-corrected chi connectivity index (χ2v) is 8.37. The molecule has 0 aliphatic carbocycles. The topological polar surface area (TPSA) is 44.4 Å². The van der Waals surface area contributed by atoms with Gasteiger partial charge in [0.15, 0.2) is 0 Å². The minimum atomic E-state index is -0.0292. The number of carbonyl (C=O) groups is 1. The number of hydrogen-bond acceptors (Lipinski definition) is 2. The van der Waals surface area contributed by atoms with Gasteiger partial charge >= 0.3 is 6.03 Å². The average molecular weight is 338 g/mol. The number of nitrogens with zero attached hydrogens (tertiary/aromatic N) is 1. The van der Waals surface area contributed by atoms with Gasteiger partial charge in [-0.3, -0.25) is 0 Å². The van der Waals surface area contributed by atoms with Gasteiger partial charge in [0.2, 0.25) is 0 Å². The maximum absolute atomic E-state index is 12.5. The van der Waals surface area contributed by atoms with Gasteiger partial charge < -0.3 is 15.5 Å². The number of amides is 2. The summed E-state index contributed by atoms with van der Waals surface area (Å²) in [6, 6.07) is 7.74. The third-order valence-electron chi connectivity index (χ3n) is 4.20. The molecule has 128 valence electrons. The first-order valence-corrected chi connectivity index (χ1v) is 8.50. The van der Waals surface area contributed by atoms with Crippen LogP contribution < -0.4 is 10.6 Å². The lowest BCUT2D eigenvalue weighted by Crippen LogP contribution is -2.62. The van der Waals surface area contributed by atoms with Gasteiger partial charge in [0, 0.05) is 35.7 Å². The van der Waals surface area contributed by atoms with Crippen LogP contribution in [-0.2, 0) is 6.54 Å². The molecule has 1 aliphatic heterocycles. The average Bonchev–Trinajstić information content (AvgIpc) is 2.37. The molecule has 23 heavy (non-hydrogen) atoms. The number of halogens is 1. The van der Waals surface area contributed by atoms with E-state index in [1.165, 1.54) is 0 Å². The normalized spacial score (nSPS) is 20.1. The highest BCUT2D eigenvalue weighted by Crippen LogP contribution is 2.28. The Balaban J connectivity index is 1.94. The predicted octanol–water partition coefficient (Wildman–Crippen LogP) is 3.79. The Bertz CT molecular complexity index is 538. The van der Waals surface area contributed by atoms with E-state index in [0.717, 1.165) is 18.4 Å². The number of carbonyl (C=O) groups excluding carboxylic acids is 1. The van der Waals surface area contributed by atoms with Gasteiger partial charge in [-0.25, -0.2) is 4.79 Å². The zero-order valence-corrected chi connectivity index (χ0v) is 15.5. The van der Waals surface area contributed by atoms with Crippen LogP contribution in [0.1, 0.15) is 46.1 Å². The number of hydrogen-bond donors (Lipinski definition) is 2.